The number of hydrogen-bond acceptors (Lipinski definition) is 2. The summed E-state index contributed by atoms with van der Waals surface area (Å²) in [4.78, 5) is 2.25. The molecule has 0 aliphatic carbocycles. The van der Waals surface area contributed by atoms with Crippen LogP contribution < -0.4 is 0 Å². The molecule has 2 nitrogen and oxygen atoms in total. The first-order chi connectivity index (χ1) is 7.65. The van der Waals surface area contributed by atoms with E-state index in [1.807, 2.05) is 6.07 Å². The number of rotatable bonds is 2. The standard InChI is InChI=1S/C12H15BrFNO/c13-11-2-1-9(7-12(11)14)8-15-5-3-10(16)4-6-15/h1-2,7,10,16H,3-6,8H2. The van der Waals surface area contributed by atoms with E-state index in [1.165, 1.54) is 0 Å². The van der Waals surface area contributed by atoms with Gasteiger partial charge in [0.1, 0.15) is 5.82 Å². The van der Waals surface area contributed by atoms with Crippen LogP contribution in [-0.4, -0.2) is 29.2 Å². The van der Waals surface area contributed by atoms with E-state index in [2.05, 4.69) is 20.8 Å². The average molecular weight is 288 g/mol. The van der Waals surface area contributed by atoms with E-state index >= 15 is 0 Å². The van der Waals surface area contributed by atoms with Crippen molar-refractivity contribution < 1.29 is 9.50 Å². The average Bonchev–Trinajstić information content (AvgIpc) is 2.27. The van der Waals surface area contributed by atoms with Crippen LogP contribution in [0.4, 0.5) is 4.39 Å². The lowest BCUT2D eigenvalue weighted by Gasteiger charge is -2.29. The SMILES string of the molecule is OC1CCN(Cc2ccc(Br)c(F)c2)CC1. The predicted octanol–water partition coefficient (Wildman–Crippen LogP) is 2.54. The molecule has 2 rings (SSSR count). The molecule has 0 amide bonds. The number of benzene rings is 1. The molecule has 1 aliphatic rings. The summed E-state index contributed by atoms with van der Waals surface area (Å²) in [5.74, 6) is -0.213. The molecule has 0 spiro atoms. The van der Waals surface area contributed by atoms with Gasteiger partial charge in [0.05, 0.1) is 10.6 Å². The van der Waals surface area contributed by atoms with E-state index in [1.54, 1.807) is 12.1 Å². The Hall–Kier alpha value is -0.450. The summed E-state index contributed by atoms with van der Waals surface area (Å²) >= 11 is 3.14. The zero-order valence-electron chi connectivity index (χ0n) is 9.00. The highest BCUT2D eigenvalue weighted by Crippen LogP contribution is 2.19. The fraction of sp³-hybridized carbons (Fsp3) is 0.500. The molecule has 1 aromatic carbocycles. The number of nitrogens with zero attached hydrogens (tertiary/aromatic N) is 1. The molecule has 1 heterocycles. The van der Waals surface area contributed by atoms with E-state index in [0.717, 1.165) is 38.0 Å². The Labute approximate surface area is 103 Å². The van der Waals surface area contributed by atoms with Gasteiger partial charge >= 0.3 is 0 Å². The van der Waals surface area contributed by atoms with Crippen molar-refractivity contribution in [2.24, 2.45) is 0 Å². The molecule has 0 atom stereocenters. The van der Waals surface area contributed by atoms with Gasteiger partial charge in [0, 0.05) is 19.6 Å². The van der Waals surface area contributed by atoms with E-state index < -0.39 is 0 Å². The molecule has 4 heteroatoms. The van der Waals surface area contributed by atoms with Crippen molar-refractivity contribution in [1.29, 1.82) is 0 Å². The number of piperidine rings is 1. The summed E-state index contributed by atoms with van der Waals surface area (Å²) in [6.07, 6.45) is 1.48. The molecule has 0 radical (unpaired) electrons. The number of hydrogen-bond donors (Lipinski definition) is 1. The fourth-order valence-electron chi connectivity index (χ4n) is 1.97. The van der Waals surface area contributed by atoms with Crippen LogP contribution in [-0.2, 0) is 6.54 Å². The summed E-state index contributed by atoms with van der Waals surface area (Å²) in [5, 5.41) is 9.38. The number of likely N-dealkylation sites (tertiary alicyclic amines) is 1. The first-order valence-electron chi connectivity index (χ1n) is 5.49. The topological polar surface area (TPSA) is 23.5 Å². The molecule has 1 saturated heterocycles. The lowest BCUT2D eigenvalue weighted by molar-refractivity contribution is 0.0792. The Morgan fingerprint density at radius 3 is 2.69 bits per heavy atom. The Bertz CT molecular complexity index is 364. The van der Waals surface area contributed by atoms with Gasteiger partial charge < -0.3 is 5.11 Å². The monoisotopic (exact) mass is 287 g/mol. The highest BCUT2D eigenvalue weighted by molar-refractivity contribution is 9.10. The molecule has 0 aromatic heterocycles. The lowest BCUT2D eigenvalue weighted by Crippen LogP contribution is -2.35. The van der Waals surface area contributed by atoms with Gasteiger partial charge in [0.15, 0.2) is 0 Å². The summed E-state index contributed by atoms with van der Waals surface area (Å²) < 4.78 is 13.8. The van der Waals surface area contributed by atoms with Crippen LogP contribution in [0.3, 0.4) is 0 Å². The highest BCUT2D eigenvalue weighted by atomic mass is 79.9. The van der Waals surface area contributed by atoms with Gasteiger partial charge in [-0.3, -0.25) is 4.90 Å². The van der Waals surface area contributed by atoms with Crippen LogP contribution in [0.1, 0.15) is 18.4 Å². The normalized spacial score (nSPS) is 18.9. The molecule has 0 bridgehead atoms. The Kier molecular flexibility index (Phi) is 3.95. The maximum atomic E-state index is 13.3. The molecule has 0 saturated carbocycles. The van der Waals surface area contributed by atoms with Gasteiger partial charge in [0.25, 0.3) is 0 Å². The zero-order chi connectivity index (χ0) is 11.5. The minimum Gasteiger partial charge on any atom is -0.393 e. The number of halogens is 2. The summed E-state index contributed by atoms with van der Waals surface area (Å²) in [6, 6.07) is 5.23. The maximum absolute atomic E-state index is 13.3. The van der Waals surface area contributed by atoms with Crippen LogP contribution in [0.5, 0.6) is 0 Å². The second-order valence-corrected chi connectivity index (χ2v) is 5.11. The van der Waals surface area contributed by atoms with E-state index in [4.69, 9.17) is 0 Å². The minimum absolute atomic E-state index is 0.155. The summed E-state index contributed by atoms with van der Waals surface area (Å²) in [5.41, 5.74) is 0.983. The molecule has 88 valence electrons. The molecule has 16 heavy (non-hydrogen) atoms. The second-order valence-electron chi connectivity index (χ2n) is 4.26. The van der Waals surface area contributed by atoms with E-state index in [-0.39, 0.29) is 11.9 Å². The largest absolute Gasteiger partial charge is 0.393 e. The molecule has 0 unspecified atom stereocenters. The van der Waals surface area contributed by atoms with E-state index in [0.29, 0.717) is 4.47 Å². The van der Waals surface area contributed by atoms with Crippen LogP contribution in [0, 0.1) is 5.82 Å². The molecule has 1 fully saturated rings. The smallest absolute Gasteiger partial charge is 0.137 e. The van der Waals surface area contributed by atoms with E-state index in [9.17, 15) is 9.50 Å². The molecule has 1 aliphatic heterocycles. The van der Waals surface area contributed by atoms with Crippen LogP contribution >= 0.6 is 15.9 Å². The van der Waals surface area contributed by atoms with Crippen molar-refractivity contribution in [3.63, 3.8) is 0 Å². The van der Waals surface area contributed by atoms with Crippen molar-refractivity contribution in [3.05, 3.63) is 34.1 Å². The fourth-order valence-corrected chi connectivity index (χ4v) is 2.22. The van der Waals surface area contributed by atoms with Gasteiger partial charge in [-0.05, 0) is 46.5 Å². The molecule has 1 aromatic rings. The third-order valence-electron chi connectivity index (χ3n) is 2.95. The Morgan fingerprint density at radius 2 is 2.06 bits per heavy atom. The van der Waals surface area contributed by atoms with Crippen molar-refractivity contribution >= 4 is 15.9 Å². The Morgan fingerprint density at radius 1 is 1.38 bits per heavy atom. The predicted molar refractivity (Wildman–Crippen MR) is 64.6 cm³/mol. The summed E-state index contributed by atoms with van der Waals surface area (Å²) in [7, 11) is 0. The third-order valence-corrected chi connectivity index (χ3v) is 3.59. The highest BCUT2D eigenvalue weighted by Gasteiger charge is 2.17. The maximum Gasteiger partial charge on any atom is 0.137 e. The van der Waals surface area contributed by atoms with Crippen LogP contribution in [0.15, 0.2) is 22.7 Å². The van der Waals surface area contributed by atoms with Gasteiger partial charge in [-0.2, -0.15) is 0 Å². The molecular weight excluding hydrogens is 273 g/mol. The van der Waals surface area contributed by atoms with Crippen LogP contribution in [0.25, 0.3) is 0 Å². The van der Waals surface area contributed by atoms with Crippen molar-refractivity contribution in [2.45, 2.75) is 25.5 Å². The Balaban J connectivity index is 1.96. The molecule has 1 N–H and O–H groups in total. The quantitative estimate of drug-likeness (QED) is 0.904. The first kappa shape index (κ1) is 12.0. The first-order valence-corrected chi connectivity index (χ1v) is 6.29. The van der Waals surface area contributed by atoms with Crippen LogP contribution in [0.2, 0.25) is 0 Å². The number of aliphatic hydroxyl groups is 1. The number of aliphatic hydroxyl groups excluding tert-OH is 1. The summed E-state index contributed by atoms with van der Waals surface area (Å²) in [6.45, 7) is 2.54. The molecular formula is C12H15BrFNO. The van der Waals surface area contributed by atoms with Gasteiger partial charge in [-0.1, -0.05) is 6.07 Å². The van der Waals surface area contributed by atoms with Gasteiger partial charge in [-0.15, -0.1) is 0 Å². The van der Waals surface area contributed by atoms with Crippen molar-refractivity contribution in [3.8, 4) is 0 Å². The van der Waals surface area contributed by atoms with Crippen molar-refractivity contribution in [2.75, 3.05) is 13.1 Å². The van der Waals surface area contributed by atoms with Gasteiger partial charge in [0.2, 0.25) is 0 Å². The second kappa shape index (κ2) is 5.25. The zero-order valence-corrected chi connectivity index (χ0v) is 10.6. The van der Waals surface area contributed by atoms with Crippen molar-refractivity contribution in [1.82, 2.24) is 4.90 Å². The minimum atomic E-state index is -0.213. The lowest BCUT2D eigenvalue weighted by atomic mass is 10.1. The third kappa shape index (κ3) is 3.03. The van der Waals surface area contributed by atoms with Gasteiger partial charge in [-0.25, -0.2) is 4.39 Å².